The lowest BCUT2D eigenvalue weighted by Gasteiger charge is -2.36. The Morgan fingerprint density at radius 1 is 0.970 bits per heavy atom. The molecule has 3 aliphatic rings. The summed E-state index contributed by atoms with van der Waals surface area (Å²) in [6.07, 6.45) is 3.65. The lowest BCUT2D eigenvalue weighted by atomic mass is 9.72. The molecule has 1 amide bonds. The molecule has 1 aromatic heterocycles. The summed E-state index contributed by atoms with van der Waals surface area (Å²) < 4.78 is 11.9. The van der Waals surface area contributed by atoms with E-state index in [1.807, 2.05) is 42.5 Å². The van der Waals surface area contributed by atoms with E-state index in [-0.39, 0.29) is 22.7 Å². The van der Waals surface area contributed by atoms with E-state index in [2.05, 4.69) is 34.2 Å². The third-order valence-electron chi connectivity index (χ3n) is 7.95. The molecule has 1 atom stereocenters. The Balaban J connectivity index is 1.30. The molecule has 6 heteroatoms. The van der Waals surface area contributed by atoms with Gasteiger partial charge >= 0.3 is 0 Å². The number of carbonyl (C=O) groups is 1. The SMILES string of the molecule is Cc1ccc(-c2nnc(C3CN(C(=O)C4(c5ccccc5)CC4)CC34CCOCC4)o2)cc1. The maximum atomic E-state index is 13.8. The number of aromatic nitrogens is 2. The first-order valence-electron chi connectivity index (χ1n) is 11.9. The van der Waals surface area contributed by atoms with Crippen LogP contribution in [0.3, 0.4) is 0 Å². The number of benzene rings is 2. The van der Waals surface area contributed by atoms with Crippen LogP contribution in [0, 0.1) is 12.3 Å². The van der Waals surface area contributed by atoms with Gasteiger partial charge in [0.15, 0.2) is 0 Å². The smallest absolute Gasteiger partial charge is 0.247 e. The molecular formula is C27H29N3O3. The van der Waals surface area contributed by atoms with Crippen molar-refractivity contribution in [2.24, 2.45) is 5.41 Å². The molecule has 2 aromatic carbocycles. The predicted molar refractivity (Wildman–Crippen MR) is 124 cm³/mol. The van der Waals surface area contributed by atoms with Gasteiger partial charge in [0, 0.05) is 37.3 Å². The fourth-order valence-corrected chi connectivity index (χ4v) is 5.75. The quantitative estimate of drug-likeness (QED) is 0.594. The van der Waals surface area contributed by atoms with E-state index in [1.54, 1.807) is 0 Å². The monoisotopic (exact) mass is 443 g/mol. The van der Waals surface area contributed by atoms with Crippen molar-refractivity contribution in [1.29, 1.82) is 0 Å². The van der Waals surface area contributed by atoms with Gasteiger partial charge in [-0.25, -0.2) is 0 Å². The number of ether oxygens (including phenoxy) is 1. The molecule has 33 heavy (non-hydrogen) atoms. The highest BCUT2D eigenvalue weighted by Gasteiger charge is 2.58. The van der Waals surface area contributed by atoms with Gasteiger partial charge in [-0.1, -0.05) is 48.0 Å². The maximum absolute atomic E-state index is 13.8. The van der Waals surface area contributed by atoms with Crippen LogP contribution in [-0.2, 0) is 14.9 Å². The van der Waals surface area contributed by atoms with Gasteiger partial charge in [0.05, 0.1) is 11.3 Å². The molecule has 6 nitrogen and oxygen atoms in total. The number of rotatable bonds is 4. The fourth-order valence-electron chi connectivity index (χ4n) is 5.75. The predicted octanol–water partition coefficient (Wildman–Crippen LogP) is 4.50. The Bertz CT molecular complexity index is 1140. The van der Waals surface area contributed by atoms with Gasteiger partial charge in [0.1, 0.15) is 0 Å². The Morgan fingerprint density at radius 2 is 1.70 bits per heavy atom. The highest BCUT2D eigenvalue weighted by molar-refractivity contribution is 5.91. The van der Waals surface area contributed by atoms with Gasteiger partial charge in [-0.05, 0) is 50.3 Å². The lowest BCUT2D eigenvalue weighted by Crippen LogP contribution is -2.40. The number of aryl methyl sites for hydroxylation is 1. The molecule has 6 rings (SSSR count). The van der Waals surface area contributed by atoms with Crippen molar-refractivity contribution >= 4 is 5.91 Å². The summed E-state index contributed by atoms with van der Waals surface area (Å²) in [7, 11) is 0. The van der Waals surface area contributed by atoms with Crippen LogP contribution in [-0.4, -0.2) is 47.3 Å². The number of carbonyl (C=O) groups excluding carboxylic acids is 1. The summed E-state index contributed by atoms with van der Waals surface area (Å²) in [6.45, 7) is 4.84. The summed E-state index contributed by atoms with van der Waals surface area (Å²) in [6, 6.07) is 18.4. The van der Waals surface area contributed by atoms with Crippen LogP contribution in [0.4, 0.5) is 0 Å². The van der Waals surface area contributed by atoms with E-state index in [1.165, 1.54) is 5.56 Å². The largest absolute Gasteiger partial charge is 0.420 e. The van der Waals surface area contributed by atoms with E-state index < -0.39 is 0 Å². The van der Waals surface area contributed by atoms with Gasteiger partial charge in [-0.15, -0.1) is 10.2 Å². The van der Waals surface area contributed by atoms with Crippen LogP contribution in [0.25, 0.3) is 11.5 Å². The molecule has 3 fully saturated rings. The Kier molecular flexibility index (Phi) is 4.87. The molecule has 1 unspecified atom stereocenters. The van der Waals surface area contributed by atoms with E-state index in [9.17, 15) is 4.79 Å². The van der Waals surface area contributed by atoms with Crippen LogP contribution in [0.2, 0.25) is 0 Å². The molecule has 1 saturated carbocycles. The van der Waals surface area contributed by atoms with Crippen LogP contribution in [0.5, 0.6) is 0 Å². The van der Waals surface area contributed by atoms with Crippen molar-refractivity contribution in [3.05, 3.63) is 71.6 Å². The second-order valence-corrected chi connectivity index (χ2v) is 9.97. The van der Waals surface area contributed by atoms with Crippen LogP contribution >= 0.6 is 0 Å². The molecule has 0 radical (unpaired) electrons. The third-order valence-corrected chi connectivity index (χ3v) is 7.95. The molecule has 1 spiro atoms. The Hall–Kier alpha value is -2.99. The molecule has 1 aliphatic carbocycles. The third kappa shape index (κ3) is 3.48. The summed E-state index contributed by atoms with van der Waals surface area (Å²) in [5, 5.41) is 8.85. The molecule has 170 valence electrons. The van der Waals surface area contributed by atoms with Crippen molar-refractivity contribution in [3.63, 3.8) is 0 Å². The molecule has 0 bridgehead atoms. The Morgan fingerprint density at radius 3 is 2.39 bits per heavy atom. The van der Waals surface area contributed by atoms with E-state index >= 15 is 0 Å². The number of hydrogen-bond acceptors (Lipinski definition) is 5. The summed E-state index contributed by atoms with van der Waals surface area (Å²) in [4.78, 5) is 15.9. The normalized spacial score (nSPS) is 23.1. The highest BCUT2D eigenvalue weighted by Crippen LogP contribution is 2.54. The molecule has 2 aliphatic heterocycles. The standard InChI is InChI=1S/C27H29N3O3/c1-19-7-9-20(10-8-19)23-28-29-24(33-23)22-17-30(18-26(22)13-15-32-16-14-26)25(31)27(11-12-27)21-5-3-2-4-6-21/h2-10,22H,11-18H2,1H3. The van der Waals surface area contributed by atoms with Crippen molar-refractivity contribution in [2.75, 3.05) is 26.3 Å². The number of likely N-dealkylation sites (tertiary alicyclic amines) is 1. The topological polar surface area (TPSA) is 68.5 Å². The van der Waals surface area contributed by atoms with Crippen LogP contribution in [0.1, 0.15) is 48.6 Å². The van der Waals surface area contributed by atoms with E-state index in [4.69, 9.17) is 9.15 Å². The first-order valence-corrected chi connectivity index (χ1v) is 11.9. The minimum Gasteiger partial charge on any atom is -0.420 e. The first-order chi connectivity index (χ1) is 16.1. The van der Waals surface area contributed by atoms with Crippen molar-refractivity contribution < 1.29 is 13.9 Å². The summed E-state index contributed by atoms with van der Waals surface area (Å²) >= 11 is 0. The summed E-state index contributed by atoms with van der Waals surface area (Å²) in [5.74, 6) is 1.47. The van der Waals surface area contributed by atoms with Crippen molar-refractivity contribution in [1.82, 2.24) is 15.1 Å². The van der Waals surface area contributed by atoms with Gasteiger partial charge in [-0.3, -0.25) is 4.79 Å². The number of nitrogens with zero attached hydrogens (tertiary/aromatic N) is 3. The van der Waals surface area contributed by atoms with Crippen LogP contribution < -0.4 is 0 Å². The average molecular weight is 444 g/mol. The van der Waals surface area contributed by atoms with Crippen molar-refractivity contribution in [2.45, 2.75) is 43.9 Å². The minimum atomic E-state index is -0.357. The number of amides is 1. The van der Waals surface area contributed by atoms with E-state index in [0.29, 0.717) is 31.5 Å². The van der Waals surface area contributed by atoms with Gasteiger partial charge in [0.25, 0.3) is 0 Å². The van der Waals surface area contributed by atoms with Gasteiger partial charge in [0.2, 0.25) is 17.7 Å². The maximum Gasteiger partial charge on any atom is 0.247 e. The second-order valence-electron chi connectivity index (χ2n) is 9.97. The molecule has 2 saturated heterocycles. The molecule has 3 heterocycles. The van der Waals surface area contributed by atoms with E-state index in [0.717, 1.165) is 43.4 Å². The summed E-state index contributed by atoms with van der Waals surface area (Å²) in [5.41, 5.74) is 2.82. The number of hydrogen-bond donors (Lipinski definition) is 0. The first kappa shape index (κ1) is 20.6. The zero-order chi connectivity index (χ0) is 22.5. The highest BCUT2D eigenvalue weighted by atomic mass is 16.5. The second kappa shape index (κ2) is 7.80. The van der Waals surface area contributed by atoms with Gasteiger partial charge < -0.3 is 14.1 Å². The minimum absolute atomic E-state index is 0.0311. The Labute approximate surface area is 194 Å². The zero-order valence-corrected chi connectivity index (χ0v) is 19.0. The van der Waals surface area contributed by atoms with Gasteiger partial charge in [-0.2, -0.15) is 0 Å². The molecular weight excluding hydrogens is 414 g/mol. The lowest BCUT2D eigenvalue weighted by molar-refractivity contribution is -0.133. The molecule has 3 aromatic rings. The van der Waals surface area contributed by atoms with Crippen molar-refractivity contribution in [3.8, 4) is 11.5 Å². The van der Waals surface area contributed by atoms with Crippen LogP contribution in [0.15, 0.2) is 59.0 Å². The zero-order valence-electron chi connectivity index (χ0n) is 19.0. The average Bonchev–Trinajstić information content (AvgIpc) is 3.39. The fraction of sp³-hybridized carbons (Fsp3) is 0.444. The molecule has 0 N–H and O–H groups in total.